The van der Waals surface area contributed by atoms with Gasteiger partial charge in [-0.3, -0.25) is 0 Å². The SMILES string of the molecule is C=CC(=O)OC(C)COC(=O)c1ccccc1C(=O)OCCC. The zero-order chi connectivity index (χ0) is 17.2. The zero-order valence-corrected chi connectivity index (χ0v) is 13.2. The Balaban J connectivity index is 2.71. The monoisotopic (exact) mass is 320 g/mol. The minimum atomic E-state index is -0.685. The molecular weight excluding hydrogens is 300 g/mol. The molecule has 0 fully saturated rings. The van der Waals surface area contributed by atoms with Gasteiger partial charge in [0.25, 0.3) is 0 Å². The minimum absolute atomic E-state index is 0.107. The van der Waals surface area contributed by atoms with Gasteiger partial charge >= 0.3 is 17.9 Å². The van der Waals surface area contributed by atoms with Crippen LogP contribution >= 0.6 is 0 Å². The number of carbonyl (C=O) groups excluding carboxylic acids is 3. The van der Waals surface area contributed by atoms with Crippen molar-refractivity contribution in [1.82, 2.24) is 0 Å². The largest absolute Gasteiger partial charge is 0.462 e. The Morgan fingerprint density at radius 3 is 2.22 bits per heavy atom. The molecule has 0 aliphatic heterocycles. The van der Waals surface area contributed by atoms with E-state index >= 15 is 0 Å². The van der Waals surface area contributed by atoms with E-state index in [0.29, 0.717) is 6.42 Å². The van der Waals surface area contributed by atoms with Crippen LogP contribution in [-0.4, -0.2) is 37.2 Å². The zero-order valence-electron chi connectivity index (χ0n) is 13.2. The molecule has 0 saturated carbocycles. The Kier molecular flexibility index (Phi) is 7.53. The molecule has 0 aliphatic carbocycles. The quantitative estimate of drug-likeness (QED) is 0.416. The minimum Gasteiger partial charge on any atom is -0.462 e. The molecule has 1 aromatic carbocycles. The molecule has 0 bridgehead atoms. The molecule has 124 valence electrons. The van der Waals surface area contributed by atoms with Crippen molar-refractivity contribution < 1.29 is 28.6 Å². The van der Waals surface area contributed by atoms with Crippen molar-refractivity contribution in [1.29, 1.82) is 0 Å². The van der Waals surface area contributed by atoms with E-state index in [4.69, 9.17) is 14.2 Å². The summed E-state index contributed by atoms with van der Waals surface area (Å²) in [6.07, 6.45) is 1.09. The van der Waals surface area contributed by atoms with Gasteiger partial charge in [0.15, 0.2) is 0 Å². The van der Waals surface area contributed by atoms with E-state index in [1.165, 1.54) is 12.1 Å². The first-order chi connectivity index (χ1) is 11.0. The van der Waals surface area contributed by atoms with E-state index in [1.807, 2.05) is 6.92 Å². The molecule has 0 amide bonds. The lowest BCUT2D eigenvalue weighted by atomic mass is 10.1. The summed E-state index contributed by atoms with van der Waals surface area (Å²) in [5, 5.41) is 0. The second-order valence-corrected chi connectivity index (χ2v) is 4.73. The highest BCUT2D eigenvalue weighted by Crippen LogP contribution is 2.12. The molecule has 1 unspecified atom stereocenters. The van der Waals surface area contributed by atoms with Crippen LogP contribution in [0.2, 0.25) is 0 Å². The lowest BCUT2D eigenvalue weighted by Gasteiger charge is -2.13. The average Bonchev–Trinajstić information content (AvgIpc) is 2.57. The fourth-order valence-electron chi connectivity index (χ4n) is 1.66. The number of benzene rings is 1. The predicted molar refractivity (Wildman–Crippen MR) is 83.0 cm³/mol. The van der Waals surface area contributed by atoms with Crippen LogP contribution in [0.3, 0.4) is 0 Å². The number of rotatable bonds is 8. The Bertz CT molecular complexity index is 578. The first kappa shape index (κ1) is 18.4. The normalized spacial score (nSPS) is 11.2. The topological polar surface area (TPSA) is 78.9 Å². The van der Waals surface area contributed by atoms with Crippen molar-refractivity contribution in [2.75, 3.05) is 13.2 Å². The Morgan fingerprint density at radius 2 is 1.70 bits per heavy atom. The number of carbonyl (C=O) groups is 3. The summed E-state index contributed by atoms with van der Waals surface area (Å²) in [7, 11) is 0. The Morgan fingerprint density at radius 1 is 1.13 bits per heavy atom. The van der Waals surface area contributed by atoms with Gasteiger partial charge < -0.3 is 14.2 Å². The van der Waals surface area contributed by atoms with E-state index in [1.54, 1.807) is 19.1 Å². The summed E-state index contributed by atoms with van der Waals surface area (Å²) in [6.45, 7) is 6.88. The first-order valence-electron chi connectivity index (χ1n) is 7.25. The lowest BCUT2D eigenvalue weighted by Crippen LogP contribution is -2.22. The van der Waals surface area contributed by atoms with Crippen LogP contribution in [0.5, 0.6) is 0 Å². The maximum absolute atomic E-state index is 12.1. The molecule has 1 rings (SSSR count). The maximum Gasteiger partial charge on any atom is 0.339 e. The second kappa shape index (κ2) is 9.40. The molecule has 1 aromatic rings. The first-order valence-corrected chi connectivity index (χ1v) is 7.25. The van der Waals surface area contributed by atoms with Crippen molar-refractivity contribution in [2.24, 2.45) is 0 Å². The molecule has 0 aromatic heterocycles. The van der Waals surface area contributed by atoms with Gasteiger partial charge in [0, 0.05) is 6.08 Å². The van der Waals surface area contributed by atoms with Crippen LogP contribution in [0.4, 0.5) is 0 Å². The van der Waals surface area contributed by atoms with E-state index in [0.717, 1.165) is 6.08 Å². The molecule has 0 radical (unpaired) electrons. The third-order valence-electron chi connectivity index (χ3n) is 2.74. The highest BCUT2D eigenvalue weighted by atomic mass is 16.6. The van der Waals surface area contributed by atoms with Crippen molar-refractivity contribution in [3.05, 3.63) is 48.0 Å². The standard InChI is InChI=1S/C17H20O6/c1-4-10-21-16(19)13-8-6-7-9-14(13)17(20)22-11-12(3)23-15(18)5-2/h5-9,12H,2,4,10-11H2,1,3H3. The summed E-state index contributed by atoms with van der Waals surface area (Å²) >= 11 is 0. The smallest absolute Gasteiger partial charge is 0.339 e. The van der Waals surface area contributed by atoms with Gasteiger partial charge in [-0.25, -0.2) is 14.4 Å². The molecular formula is C17H20O6. The van der Waals surface area contributed by atoms with Crippen LogP contribution in [0.15, 0.2) is 36.9 Å². The average molecular weight is 320 g/mol. The highest BCUT2D eigenvalue weighted by Gasteiger charge is 2.20. The number of esters is 3. The lowest BCUT2D eigenvalue weighted by molar-refractivity contribution is -0.144. The van der Waals surface area contributed by atoms with Crippen LogP contribution < -0.4 is 0 Å². The summed E-state index contributed by atoms with van der Waals surface area (Å²) in [5.74, 6) is -1.86. The van der Waals surface area contributed by atoms with Crippen LogP contribution in [-0.2, 0) is 19.0 Å². The van der Waals surface area contributed by atoms with Gasteiger partial charge in [-0.15, -0.1) is 0 Å². The summed E-state index contributed by atoms with van der Waals surface area (Å²) < 4.78 is 15.0. The number of hydrogen-bond donors (Lipinski definition) is 0. The van der Waals surface area contributed by atoms with Crippen molar-refractivity contribution in [3.63, 3.8) is 0 Å². The molecule has 0 saturated heterocycles. The predicted octanol–water partition coefficient (Wildman–Crippen LogP) is 2.53. The van der Waals surface area contributed by atoms with Crippen molar-refractivity contribution in [2.45, 2.75) is 26.4 Å². The fraction of sp³-hybridized carbons (Fsp3) is 0.353. The highest BCUT2D eigenvalue weighted by molar-refractivity contribution is 6.03. The molecule has 0 aliphatic rings. The summed E-state index contributed by atoms with van der Waals surface area (Å²) in [5.41, 5.74) is 0.248. The van der Waals surface area contributed by atoms with Crippen LogP contribution in [0.25, 0.3) is 0 Å². The van der Waals surface area contributed by atoms with Crippen molar-refractivity contribution >= 4 is 17.9 Å². The van der Waals surface area contributed by atoms with E-state index in [-0.39, 0.29) is 24.3 Å². The van der Waals surface area contributed by atoms with Gasteiger partial charge in [0.1, 0.15) is 12.7 Å². The van der Waals surface area contributed by atoms with Gasteiger partial charge in [-0.05, 0) is 25.5 Å². The third kappa shape index (κ3) is 5.94. The van der Waals surface area contributed by atoms with E-state index in [2.05, 4.69) is 6.58 Å². The third-order valence-corrected chi connectivity index (χ3v) is 2.74. The van der Waals surface area contributed by atoms with Gasteiger partial charge in [0.2, 0.25) is 0 Å². The molecule has 1 atom stereocenters. The molecule has 0 heterocycles. The fourth-order valence-corrected chi connectivity index (χ4v) is 1.66. The Hall–Kier alpha value is -2.63. The van der Waals surface area contributed by atoms with Gasteiger partial charge in [-0.1, -0.05) is 25.6 Å². The summed E-state index contributed by atoms with van der Waals surface area (Å²) in [6, 6.07) is 6.23. The summed E-state index contributed by atoms with van der Waals surface area (Å²) in [4.78, 5) is 35.1. The molecule has 0 spiro atoms. The van der Waals surface area contributed by atoms with Crippen molar-refractivity contribution in [3.8, 4) is 0 Å². The van der Waals surface area contributed by atoms with Gasteiger partial charge in [0.05, 0.1) is 17.7 Å². The van der Waals surface area contributed by atoms with Crippen LogP contribution in [0.1, 0.15) is 41.0 Å². The molecule has 0 N–H and O–H groups in total. The second-order valence-electron chi connectivity index (χ2n) is 4.73. The Labute approximate surface area is 135 Å². The van der Waals surface area contributed by atoms with Gasteiger partial charge in [-0.2, -0.15) is 0 Å². The van der Waals surface area contributed by atoms with E-state index in [9.17, 15) is 14.4 Å². The van der Waals surface area contributed by atoms with E-state index < -0.39 is 24.0 Å². The molecule has 6 nitrogen and oxygen atoms in total. The number of ether oxygens (including phenoxy) is 3. The van der Waals surface area contributed by atoms with Crippen LogP contribution in [0, 0.1) is 0 Å². The maximum atomic E-state index is 12.1. The number of hydrogen-bond acceptors (Lipinski definition) is 6. The molecule has 6 heteroatoms. The molecule has 23 heavy (non-hydrogen) atoms.